The lowest BCUT2D eigenvalue weighted by Crippen LogP contribution is -2.37. The largest absolute Gasteiger partial charge is 0.494 e. The second kappa shape index (κ2) is 9.77. The summed E-state index contributed by atoms with van der Waals surface area (Å²) in [6.45, 7) is 4.03. The van der Waals surface area contributed by atoms with Crippen LogP contribution >= 0.6 is 0 Å². The van der Waals surface area contributed by atoms with E-state index in [-0.39, 0.29) is 11.9 Å². The molecule has 1 atom stereocenters. The summed E-state index contributed by atoms with van der Waals surface area (Å²) in [4.78, 5) is 17.4. The number of hydrogen-bond donors (Lipinski definition) is 1. The van der Waals surface area contributed by atoms with E-state index in [4.69, 9.17) is 4.74 Å². The number of para-hydroxylation sites is 1. The normalized spacial score (nSPS) is 13.4. The average molecular weight is 430 g/mol. The number of rotatable bonds is 8. The van der Waals surface area contributed by atoms with E-state index in [1.807, 2.05) is 45.3 Å². The van der Waals surface area contributed by atoms with Gasteiger partial charge in [0.25, 0.3) is 5.91 Å². The van der Waals surface area contributed by atoms with E-state index in [1.165, 1.54) is 16.8 Å². The number of benzene rings is 3. The van der Waals surface area contributed by atoms with Crippen LogP contribution in [0.2, 0.25) is 0 Å². The number of nitrogens with one attached hydrogen (secondary N) is 1. The van der Waals surface area contributed by atoms with Crippen LogP contribution in [-0.4, -0.2) is 39.7 Å². The first-order chi connectivity index (χ1) is 15.6. The van der Waals surface area contributed by atoms with Crippen molar-refractivity contribution in [1.29, 1.82) is 0 Å². The number of carbonyl (C=O) groups is 1. The lowest BCUT2D eigenvalue weighted by atomic mass is 10.0. The Balaban J connectivity index is 1.55. The highest BCUT2D eigenvalue weighted by Crippen LogP contribution is 2.35. The fourth-order valence-electron chi connectivity index (χ4n) is 4.25. The van der Waals surface area contributed by atoms with Crippen LogP contribution in [0.4, 0.5) is 11.4 Å². The Morgan fingerprint density at radius 1 is 1.03 bits per heavy atom. The maximum atomic E-state index is 12.9. The summed E-state index contributed by atoms with van der Waals surface area (Å²) in [7, 11) is 4.08. The molecule has 0 spiro atoms. The van der Waals surface area contributed by atoms with E-state index in [9.17, 15) is 4.79 Å². The van der Waals surface area contributed by atoms with Crippen molar-refractivity contribution in [3.63, 3.8) is 0 Å². The van der Waals surface area contributed by atoms with Gasteiger partial charge in [0.1, 0.15) is 5.75 Å². The van der Waals surface area contributed by atoms with Crippen LogP contribution in [0.15, 0.2) is 72.8 Å². The predicted octanol–water partition coefficient (Wildman–Crippen LogP) is 4.69. The van der Waals surface area contributed by atoms with Crippen molar-refractivity contribution in [2.75, 3.05) is 43.6 Å². The number of anilines is 2. The summed E-state index contributed by atoms with van der Waals surface area (Å²) < 4.78 is 5.48. The zero-order valence-corrected chi connectivity index (χ0v) is 19.0. The van der Waals surface area contributed by atoms with E-state index in [0.717, 1.165) is 24.4 Å². The summed E-state index contributed by atoms with van der Waals surface area (Å²) in [5.74, 6) is 0.701. The van der Waals surface area contributed by atoms with Gasteiger partial charge >= 0.3 is 0 Å². The topological polar surface area (TPSA) is 44.8 Å². The third kappa shape index (κ3) is 4.72. The molecule has 1 amide bonds. The van der Waals surface area contributed by atoms with Crippen LogP contribution in [0.5, 0.6) is 5.75 Å². The molecule has 0 aliphatic carbocycles. The summed E-state index contributed by atoms with van der Waals surface area (Å²) in [5, 5.41) is 3.16. The maximum absolute atomic E-state index is 12.9. The van der Waals surface area contributed by atoms with Crippen LogP contribution in [-0.2, 0) is 6.42 Å². The van der Waals surface area contributed by atoms with Gasteiger partial charge in [-0.2, -0.15) is 0 Å². The lowest BCUT2D eigenvalue weighted by Gasteiger charge is -2.31. The van der Waals surface area contributed by atoms with Gasteiger partial charge in [0.05, 0.1) is 12.6 Å². The van der Waals surface area contributed by atoms with Crippen LogP contribution in [0.1, 0.15) is 34.5 Å². The lowest BCUT2D eigenvalue weighted by molar-refractivity contribution is 0.0951. The zero-order valence-electron chi connectivity index (χ0n) is 19.0. The number of amides is 1. The van der Waals surface area contributed by atoms with E-state index < -0.39 is 0 Å². The third-order valence-electron chi connectivity index (χ3n) is 5.98. The fourth-order valence-corrected chi connectivity index (χ4v) is 4.25. The molecule has 166 valence electrons. The Labute approximate surface area is 190 Å². The molecule has 0 aromatic heterocycles. The van der Waals surface area contributed by atoms with Crippen molar-refractivity contribution in [3.8, 4) is 5.75 Å². The van der Waals surface area contributed by atoms with E-state index in [1.54, 1.807) is 0 Å². The maximum Gasteiger partial charge on any atom is 0.251 e. The molecule has 0 unspecified atom stereocenters. The van der Waals surface area contributed by atoms with Gasteiger partial charge in [-0.3, -0.25) is 4.79 Å². The third-order valence-corrected chi connectivity index (χ3v) is 5.98. The Morgan fingerprint density at radius 3 is 2.44 bits per heavy atom. The number of carbonyl (C=O) groups excluding carboxylic acids is 1. The number of fused-ring (bicyclic) bond motifs is 1. The molecule has 5 heteroatoms. The van der Waals surface area contributed by atoms with Gasteiger partial charge in [0.2, 0.25) is 0 Å². The zero-order chi connectivity index (χ0) is 22.5. The molecule has 1 N–H and O–H groups in total. The number of nitrogens with zero attached hydrogens (tertiary/aromatic N) is 2. The summed E-state index contributed by atoms with van der Waals surface area (Å²) >= 11 is 0. The molecule has 4 rings (SSSR count). The molecular formula is C27H31N3O2. The highest BCUT2D eigenvalue weighted by Gasteiger charge is 2.27. The fraction of sp³-hybridized carbons (Fsp3) is 0.296. The second-order valence-corrected chi connectivity index (χ2v) is 8.24. The number of hydrogen-bond acceptors (Lipinski definition) is 4. The first-order valence-corrected chi connectivity index (χ1v) is 11.2. The van der Waals surface area contributed by atoms with Crippen molar-refractivity contribution in [2.45, 2.75) is 19.4 Å². The minimum absolute atomic E-state index is 0.0570. The van der Waals surface area contributed by atoms with Crippen LogP contribution in [0, 0.1) is 0 Å². The highest BCUT2D eigenvalue weighted by molar-refractivity contribution is 5.94. The van der Waals surface area contributed by atoms with Crippen molar-refractivity contribution in [3.05, 3.63) is 89.5 Å². The number of ether oxygens (including phenoxy) is 1. The quantitative estimate of drug-likeness (QED) is 0.565. The first-order valence-electron chi connectivity index (χ1n) is 11.2. The molecule has 32 heavy (non-hydrogen) atoms. The van der Waals surface area contributed by atoms with Gasteiger partial charge in [-0.05, 0) is 66.9 Å². The van der Waals surface area contributed by atoms with Crippen molar-refractivity contribution in [2.24, 2.45) is 0 Å². The van der Waals surface area contributed by atoms with Crippen molar-refractivity contribution >= 4 is 17.3 Å². The van der Waals surface area contributed by atoms with Gasteiger partial charge in [-0.15, -0.1) is 0 Å². The van der Waals surface area contributed by atoms with E-state index in [2.05, 4.69) is 63.6 Å². The molecule has 1 aliphatic heterocycles. The smallest absolute Gasteiger partial charge is 0.251 e. The molecule has 0 saturated heterocycles. The van der Waals surface area contributed by atoms with Gasteiger partial charge in [0, 0.05) is 44.1 Å². The van der Waals surface area contributed by atoms with Crippen molar-refractivity contribution < 1.29 is 9.53 Å². The van der Waals surface area contributed by atoms with Gasteiger partial charge < -0.3 is 19.9 Å². The first kappa shape index (κ1) is 21.8. The SMILES string of the molecule is CCOc1ccc(C(=O)NC[C@@H](c2ccc(N(C)C)cc2)N2CCc3ccccc32)cc1. The Kier molecular flexibility index (Phi) is 6.64. The summed E-state index contributed by atoms with van der Waals surface area (Å²) in [6, 6.07) is 24.5. The van der Waals surface area contributed by atoms with Crippen molar-refractivity contribution in [1.82, 2.24) is 5.32 Å². The molecule has 3 aromatic carbocycles. The van der Waals surface area contributed by atoms with Gasteiger partial charge in [-0.25, -0.2) is 0 Å². The Bertz CT molecular complexity index is 1050. The minimum Gasteiger partial charge on any atom is -0.494 e. The molecule has 0 bridgehead atoms. The van der Waals surface area contributed by atoms with E-state index >= 15 is 0 Å². The molecule has 0 radical (unpaired) electrons. The highest BCUT2D eigenvalue weighted by atomic mass is 16.5. The van der Waals surface area contributed by atoms with Crippen LogP contribution in [0.25, 0.3) is 0 Å². The molecule has 5 nitrogen and oxygen atoms in total. The molecule has 1 heterocycles. The van der Waals surface area contributed by atoms with Gasteiger partial charge in [0.15, 0.2) is 0 Å². The Morgan fingerprint density at radius 2 is 1.75 bits per heavy atom. The summed E-state index contributed by atoms with van der Waals surface area (Å²) in [6.07, 6.45) is 1.02. The molecule has 1 aliphatic rings. The minimum atomic E-state index is -0.0737. The molecular weight excluding hydrogens is 398 g/mol. The van der Waals surface area contributed by atoms with E-state index in [0.29, 0.717) is 18.7 Å². The molecule has 0 saturated carbocycles. The second-order valence-electron chi connectivity index (χ2n) is 8.24. The molecule has 3 aromatic rings. The average Bonchev–Trinajstić information content (AvgIpc) is 3.24. The Hall–Kier alpha value is -3.47. The molecule has 0 fully saturated rings. The predicted molar refractivity (Wildman–Crippen MR) is 131 cm³/mol. The standard InChI is InChI=1S/C27H31N3O2/c1-4-32-24-15-11-22(12-16-24)27(31)28-19-26(21-9-13-23(14-10-21)29(2)3)30-18-17-20-7-5-6-8-25(20)30/h5-16,26H,4,17-19H2,1-3H3,(H,28,31)/t26-/m0/s1. The summed E-state index contributed by atoms with van der Waals surface area (Å²) in [5.41, 5.74) is 5.61. The van der Waals surface area contributed by atoms with Crippen LogP contribution in [0.3, 0.4) is 0 Å². The van der Waals surface area contributed by atoms with Gasteiger partial charge in [-0.1, -0.05) is 30.3 Å². The van der Waals surface area contributed by atoms with Crippen LogP contribution < -0.4 is 19.9 Å². The monoisotopic (exact) mass is 429 g/mol.